The van der Waals surface area contributed by atoms with Crippen molar-refractivity contribution in [3.05, 3.63) is 136 Å². The predicted octanol–water partition coefficient (Wildman–Crippen LogP) is 12.0. The maximum Gasteiger partial charge on any atom is 0.292 e. The highest BCUT2D eigenvalue weighted by molar-refractivity contribution is 5.95. The van der Waals surface area contributed by atoms with Crippen molar-refractivity contribution in [2.75, 3.05) is 5.32 Å². The van der Waals surface area contributed by atoms with Crippen molar-refractivity contribution in [2.24, 2.45) is 0 Å². The zero-order chi connectivity index (χ0) is 32.9. The Bertz CT molecular complexity index is 1930. The highest BCUT2D eigenvalue weighted by Gasteiger charge is 2.37. The Morgan fingerprint density at radius 1 is 0.630 bits per heavy atom. The molecule has 0 radical (unpaired) electrons. The zero-order valence-electron chi connectivity index (χ0n) is 28.1. The molecule has 0 fully saturated rings. The number of para-hydroxylation sites is 3. The molecule has 0 aromatic heterocycles. The second-order valence-electron chi connectivity index (χ2n) is 15.1. The molecule has 5 aromatic carbocycles. The minimum absolute atomic E-state index is 0.0463. The first-order valence-electron chi connectivity index (χ1n) is 16.2. The molecule has 1 aliphatic carbocycles. The van der Waals surface area contributed by atoms with Crippen molar-refractivity contribution in [3.8, 4) is 33.4 Å². The molecule has 1 aliphatic rings. The van der Waals surface area contributed by atoms with Crippen molar-refractivity contribution in [3.63, 3.8) is 0 Å². The number of hydrogen-bond donors (Lipinski definition) is 1. The summed E-state index contributed by atoms with van der Waals surface area (Å²) in [4.78, 5) is 11.8. The van der Waals surface area contributed by atoms with Crippen LogP contribution in [-0.4, -0.2) is 4.92 Å². The van der Waals surface area contributed by atoms with E-state index in [1.54, 1.807) is 18.2 Å². The average molecular weight is 609 g/mol. The summed E-state index contributed by atoms with van der Waals surface area (Å²) in [7, 11) is 0. The molecule has 0 heterocycles. The number of nitro groups is 1. The molecule has 0 atom stereocenters. The van der Waals surface area contributed by atoms with Gasteiger partial charge in [0.25, 0.3) is 5.69 Å². The molecular weight excluding hydrogens is 564 g/mol. The van der Waals surface area contributed by atoms with Gasteiger partial charge in [-0.1, -0.05) is 139 Å². The highest BCUT2D eigenvalue weighted by atomic mass is 16.6. The summed E-state index contributed by atoms with van der Waals surface area (Å²) in [5, 5.41) is 15.7. The van der Waals surface area contributed by atoms with Crippen LogP contribution in [-0.2, 0) is 16.2 Å². The molecule has 0 amide bonds. The summed E-state index contributed by atoms with van der Waals surface area (Å²) in [6, 6.07) is 37.4. The molecule has 234 valence electrons. The van der Waals surface area contributed by atoms with Gasteiger partial charge in [0.15, 0.2) is 0 Å². The molecule has 0 unspecified atom stereocenters. The van der Waals surface area contributed by atoms with Gasteiger partial charge in [0.05, 0.1) is 10.6 Å². The lowest BCUT2D eigenvalue weighted by Crippen LogP contribution is -2.33. The van der Waals surface area contributed by atoms with Gasteiger partial charge in [0.1, 0.15) is 5.69 Å². The number of benzene rings is 5. The van der Waals surface area contributed by atoms with E-state index in [-0.39, 0.29) is 26.9 Å². The van der Waals surface area contributed by atoms with Gasteiger partial charge in [0.2, 0.25) is 0 Å². The number of rotatable bonds is 6. The van der Waals surface area contributed by atoms with E-state index in [4.69, 9.17) is 0 Å². The lowest BCUT2D eigenvalue weighted by Gasteiger charge is -2.42. The first kappa shape index (κ1) is 31.3. The molecule has 0 spiro atoms. The van der Waals surface area contributed by atoms with E-state index in [0.717, 1.165) is 51.9 Å². The second-order valence-corrected chi connectivity index (χ2v) is 15.1. The van der Waals surface area contributed by atoms with Crippen molar-refractivity contribution >= 4 is 17.1 Å². The van der Waals surface area contributed by atoms with E-state index in [0.29, 0.717) is 5.69 Å². The molecule has 0 aliphatic heterocycles. The molecule has 4 nitrogen and oxygen atoms in total. The number of anilines is 2. The maximum atomic E-state index is 12.1. The van der Waals surface area contributed by atoms with Crippen LogP contribution in [0.5, 0.6) is 0 Å². The Labute approximate surface area is 273 Å². The third kappa shape index (κ3) is 5.97. The summed E-state index contributed by atoms with van der Waals surface area (Å²) >= 11 is 0. The second kappa shape index (κ2) is 11.6. The van der Waals surface area contributed by atoms with Crippen LogP contribution in [0.2, 0.25) is 0 Å². The van der Waals surface area contributed by atoms with Gasteiger partial charge in [-0.15, -0.1) is 0 Å². The lowest BCUT2D eigenvalue weighted by atomic mass is 9.63. The van der Waals surface area contributed by atoms with Crippen LogP contribution >= 0.6 is 0 Å². The molecule has 0 bridgehead atoms. The average Bonchev–Trinajstić information content (AvgIpc) is 3.03. The number of fused-ring (bicyclic) bond motifs is 1. The summed E-state index contributed by atoms with van der Waals surface area (Å²) in [6.45, 7) is 16.1. The smallest absolute Gasteiger partial charge is 0.292 e. The van der Waals surface area contributed by atoms with Crippen LogP contribution in [0.1, 0.15) is 78.0 Å². The highest BCUT2D eigenvalue weighted by Crippen LogP contribution is 2.49. The Morgan fingerprint density at radius 2 is 1.24 bits per heavy atom. The first-order chi connectivity index (χ1) is 21.7. The van der Waals surface area contributed by atoms with Crippen LogP contribution in [0.3, 0.4) is 0 Å². The Morgan fingerprint density at radius 3 is 1.91 bits per heavy atom. The summed E-state index contributed by atoms with van der Waals surface area (Å²) < 4.78 is 0. The zero-order valence-corrected chi connectivity index (χ0v) is 28.1. The molecule has 1 N–H and O–H groups in total. The van der Waals surface area contributed by atoms with E-state index >= 15 is 0 Å². The standard InChI is InChI=1S/C42H44N2O2/c1-40(2,3)32-25-30(28-14-9-8-10-15-28)24-31(26-32)34-17-13-16-33(39(34)43-37-18-11-12-19-38(37)44(45)46)29-20-21-35-36(27-29)42(6,7)23-22-41(35,4)5/h8-21,24-27,43H,22-23H2,1-7H3. The van der Waals surface area contributed by atoms with Crippen LogP contribution in [0.15, 0.2) is 109 Å². The monoisotopic (exact) mass is 608 g/mol. The van der Waals surface area contributed by atoms with Gasteiger partial charge >= 0.3 is 0 Å². The summed E-state index contributed by atoms with van der Waals surface area (Å²) in [5.41, 5.74) is 11.9. The maximum absolute atomic E-state index is 12.1. The topological polar surface area (TPSA) is 55.2 Å². The fourth-order valence-corrected chi connectivity index (χ4v) is 6.81. The molecule has 46 heavy (non-hydrogen) atoms. The van der Waals surface area contributed by atoms with E-state index in [2.05, 4.69) is 133 Å². The number of hydrogen-bond acceptors (Lipinski definition) is 3. The van der Waals surface area contributed by atoms with Crippen LogP contribution in [0.4, 0.5) is 17.1 Å². The number of nitrogens with zero attached hydrogens (tertiary/aromatic N) is 1. The van der Waals surface area contributed by atoms with Crippen molar-refractivity contribution in [1.82, 2.24) is 0 Å². The fraction of sp³-hybridized carbons (Fsp3) is 0.286. The Balaban J connectivity index is 1.62. The third-order valence-electron chi connectivity index (χ3n) is 9.81. The van der Waals surface area contributed by atoms with Crippen LogP contribution in [0.25, 0.3) is 33.4 Å². The molecule has 5 aromatic rings. The van der Waals surface area contributed by atoms with E-state index in [1.165, 1.54) is 16.7 Å². The van der Waals surface area contributed by atoms with Crippen molar-refractivity contribution < 1.29 is 4.92 Å². The predicted molar refractivity (Wildman–Crippen MR) is 193 cm³/mol. The lowest BCUT2D eigenvalue weighted by molar-refractivity contribution is -0.383. The quantitative estimate of drug-likeness (QED) is 0.154. The van der Waals surface area contributed by atoms with Crippen LogP contribution < -0.4 is 5.32 Å². The van der Waals surface area contributed by atoms with Gasteiger partial charge < -0.3 is 5.32 Å². The van der Waals surface area contributed by atoms with Crippen molar-refractivity contribution in [2.45, 2.75) is 77.6 Å². The third-order valence-corrected chi connectivity index (χ3v) is 9.81. The number of nitro benzene ring substituents is 1. The van der Waals surface area contributed by atoms with Gasteiger partial charge in [0, 0.05) is 17.2 Å². The van der Waals surface area contributed by atoms with E-state index in [9.17, 15) is 10.1 Å². The van der Waals surface area contributed by atoms with Crippen molar-refractivity contribution in [1.29, 1.82) is 0 Å². The Kier molecular flexibility index (Phi) is 7.88. The molecule has 4 heteroatoms. The SMILES string of the molecule is CC(C)(C)c1cc(-c2ccccc2)cc(-c2cccc(-c3ccc4c(c3)C(C)(C)CCC4(C)C)c2Nc2ccccc2[N+](=O)[O-])c1. The molecule has 0 saturated carbocycles. The number of nitrogens with one attached hydrogen (secondary N) is 1. The summed E-state index contributed by atoms with van der Waals surface area (Å²) in [6.07, 6.45) is 2.28. The van der Waals surface area contributed by atoms with Gasteiger partial charge in [-0.2, -0.15) is 0 Å². The molecule has 6 rings (SSSR count). The molecular formula is C42H44N2O2. The summed E-state index contributed by atoms with van der Waals surface area (Å²) in [5.74, 6) is 0. The first-order valence-corrected chi connectivity index (χ1v) is 16.2. The largest absolute Gasteiger partial charge is 0.349 e. The van der Waals surface area contributed by atoms with Crippen LogP contribution in [0, 0.1) is 10.1 Å². The minimum Gasteiger partial charge on any atom is -0.349 e. The van der Waals surface area contributed by atoms with Gasteiger partial charge in [-0.05, 0) is 80.2 Å². The van der Waals surface area contributed by atoms with E-state index in [1.807, 2.05) is 12.1 Å². The van der Waals surface area contributed by atoms with E-state index < -0.39 is 0 Å². The minimum atomic E-state index is -0.318. The fourth-order valence-electron chi connectivity index (χ4n) is 6.81. The normalized spacial score (nSPS) is 15.2. The van der Waals surface area contributed by atoms with Gasteiger partial charge in [-0.25, -0.2) is 0 Å². The Hall–Kier alpha value is -4.70. The molecule has 0 saturated heterocycles. The van der Waals surface area contributed by atoms with Gasteiger partial charge in [-0.3, -0.25) is 10.1 Å².